The van der Waals surface area contributed by atoms with Crippen molar-refractivity contribution < 1.29 is 4.74 Å². The van der Waals surface area contributed by atoms with Gasteiger partial charge < -0.3 is 10.5 Å². The molecule has 1 aromatic heterocycles. The third-order valence-electron chi connectivity index (χ3n) is 3.30. The number of nitrogens with zero attached hydrogens (tertiary/aromatic N) is 2. The number of hydrogen-bond acceptors (Lipinski definition) is 3. The molecule has 0 saturated carbocycles. The maximum atomic E-state index is 5.97. The van der Waals surface area contributed by atoms with Crippen LogP contribution in [0.15, 0.2) is 36.5 Å². The first-order valence-electron chi connectivity index (χ1n) is 6.66. The van der Waals surface area contributed by atoms with E-state index in [1.54, 1.807) is 6.20 Å². The van der Waals surface area contributed by atoms with Crippen molar-refractivity contribution in [2.75, 3.05) is 6.61 Å². The lowest BCUT2D eigenvalue weighted by Crippen LogP contribution is -2.09. The Bertz CT molecular complexity index is 504. The first-order chi connectivity index (χ1) is 9.20. The van der Waals surface area contributed by atoms with Gasteiger partial charge in [-0.2, -0.15) is 5.10 Å². The van der Waals surface area contributed by atoms with E-state index in [-0.39, 0.29) is 6.04 Å². The Hall–Kier alpha value is -1.81. The molecule has 2 N–H and O–H groups in total. The second-order valence-electron chi connectivity index (χ2n) is 4.63. The summed E-state index contributed by atoms with van der Waals surface area (Å²) < 4.78 is 7.59. The van der Waals surface area contributed by atoms with Crippen LogP contribution >= 0.6 is 0 Å². The molecule has 1 aromatic carbocycles. The van der Waals surface area contributed by atoms with Gasteiger partial charge in [0.25, 0.3) is 0 Å². The maximum absolute atomic E-state index is 5.97. The predicted molar refractivity (Wildman–Crippen MR) is 76.1 cm³/mol. The zero-order valence-electron chi connectivity index (χ0n) is 11.5. The number of hydrogen-bond donors (Lipinski definition) is 1. The summed E-state index contributed by atoms with van der Waals surface area (Å²) in [6.45, 7) is 2.74. The van der Waals surface area contributed by atoms with Crippen LogP contribution in [0.1, 0.15) is 30.6 Å². The van der Waals surface area contributed by atoms with Crippen LogP contribution in [0.5, 0.6) is 5.75 Å². The number of aromatic nitrogens is 2. The Morgan fingerprint density at radius 3 is 2.58 bits per heavy atom. The Morgan fingerprint density at radius 1 is 1.26 bits per heavy atom. The lowest BCUT2D eigenvalue weighted by molar-refractivity contribution is 0.318. The van der Waals surface area contributed by atoms with Crippen LogP contribution < -0.4 is 10.5 Å². The highest BCUT2D eigenvalue weighted by Crippen LogP contribution is 2.18. The molecule has 4 heteroatoms. The minimum Gasteiger partial charge on any atom is -0.493 e. The second-order valence-corrected chi connectivity index (χ2v) is 4.63. The molecule has 0 saturated heterocycles. The van der Waals surface area contributed by atoms with E-state index < -0.39 is 0 Å². The van der Waals surface area contributed by atoms with Crippen molar-refractivity contribution in [1.82, 2.24) is 9.78 Å². The molecule has 102 valence electrons. The van der Waals surface area contributed by atoms with Gasteiger partial charge in [0.15, 0.2) is 0 Å². The summed E-state index contributed by atoms with van der Waals surface area (Å²) >= 11 is 0. The molecule has 0 aliphatic rings. The molecule has 19 heavy (non-hydrogen) atoms. The minimum absolute atomic E-state index is 0.114. The molecule has 0 spiro atoms. The fourth-order valence-corrected chi connectivity index (χ4v) is 1.97. The average molecular weight is 259 g/mol. The van der Waals surface area contributed by atoms with Crippen LogP contribution in [-0.4, -0.2) is 16.4 Å². The van der Waals surface area contributed by atoms with Crippen molar-refractivity contribution in [3.8, 4) is 5.75 Å². The average Bonchev–Trinajstić information content (AvgIpc) is 2.84. The summed E-state index contributed by atoms with van der Waals surface area (Å²) in [5.74, 6) is 0.884. The number of benzene rings is 1. The summed E-state index contributed by atoms with van der Waals surface area (Å²) in [6.07, 6.45) is 3.60. The minimum atomic E-state index is 0.114. The molecule has 1 unspecified atom stereocenters. The highest BCUT2D eigenvalue weighted by atomic mass is 16.5. The topological polar surface area (TPSA) is 53.1 Å². The Kier molecular flexibility index (Phi) is 4.58. The van der Waals surface area contributed by atoms with Crippen molar-refractivity contribution in [3.05, 3.63) is 47.8 Å². The van der Waals surface area contributed by atoms with Crippen LogP contribution in [0.3, 0.4) is 0 Å². The number of rotatable bonds is 6. The van der Waals surface area contributed by atoms with Gasteiger partial charge in [-0.1, -0.05) is 19.1 Å². The predicted octanol–water partition coefficient (Wildman–Crippen LogP) is 2.45. The first kappa shape index (κ1) is 13.6. The van der Waals surface area contributed by atoms with E-state index in [9.17, 15) is 0 Å². The van der Waals surface area contributed by atoms with Gasteiger partial charge in [0.1, 0.15) is 5.75 Å². The summed E-state index contributed by atoms with van der Waals surface area (Å²) in [6, 6.07) is 10.2. The number of ether oxygens (including phenoxy) is 1. The molecule has 0 radical (unpaired) electrons. The number of aryl methyl sites for hydroxylation is 1. The van der Waals surface area contributed by atoms with E-state index in [2.05, 4.69) is 12.0 Å². The SMILES string of the molecule is CCC(N)c1ccc(OCCc2ccnn2C)cc1. The van der Waals surface area contributed by atoms with Gasteiger partial charge in [-0.15, -0.1) is 0 Å². The molecule has 4 nitrogen and oxygen atoms in total. The van der Waals surface area contributed by atoms with Crippen LogP contribution in [0.2, 0.25) is 0 Å². The van der Waals surface area contributed by atoms with Gasteiger partial charge in [-0.25, -0.2) is 0 Å². The van der Waals surface area contributed by atoms with Crippen LogP contribution in [0.4, 0.5) is 0 Å². The second kappa shape index (κ2) is 6.38. The fourth-order valence-electron chi connectivity index (χ4n) is 1.97. The third kappa shape index (κ3) is 3.58. The summed E-state index contributed by atoms with van der Waals surface area (Å²) in [7, 11) is 1.94. The zero-order valence-corrected chi connectivity index (χ0v) is 11.5. The fraction of sp³-hybridized carbons (Fsp3) is 0.400. The quantitative estimate of drug-likeness (QED) is 0.867. The van der Waals surface area contributed by atoms with Crippen LogP contribution in [-0.2, 0) is 13.5 Å². The van der Waals surface area contributed by atoms with Crippen molar-refractivity contribution >= 4 is 0 Å². The van der Waals surface area contributed by atoms with Crippen LogP contribution in [0, 0.1) is 0 Å². The first-order valence-corrected chi connectivity index (χ1v) is 6.66. The summed E-state index contributed by atoms with van der Waals surface area (Å²) in [5.41, 5.74) is 8.30. The molecule has 1 heterocycles. The van der Waals surface area contributed by atoms with E-state index in [1.807, 2.05) is 42.1 Å². The van der Waals surface area contributed by atoms with Crippen molar-refractivity contribution in [2.45, 2.75) is 25.8 Å². The van der Waals surface area contributed by atoms with Gasteiger partial charge >= 0.3 is 0 Å². The van der Waals surface area contributed by atoms with Crippen LogP contribution in [0.25, 0.3) is 0 Å². The Morgan fingerprint density at radius 2 is 2.00 bits per heavy atom. The smallest absolute Gasteiger partial charge is 0.119 e. The molecule has 0 aliphatic carbocycles. The zero-order chi connectivity index (χ0) is 13.7. The Labute approximate surface area is 114 Å². The maximum Gasteiger partial charge on any atom is 0.119 e. The normalized spacial score (nSPS) is 12.4. The number of nitrogens with two attached hydrogens (primary N) is 1. The largest absolute Gasteiger partial charge is 0.493 e. The monoisotopic (exact) mass is 259 g/mol. The van der Waals surface area contributed by atoms with E-state index in [1.165, 1.54) is 5.69 Å². The standard InChI is InChI=1S/C15H21N3O/c1-3-15(16)12-4-6-14(7-5-12)19-11-9-13-8-10-17-18(13)2/h4-8,10,15H,3,9,11,16H2,1-2H3. The van der Waals surface area contributed by atoms with E-state index >= 15 is 0 Å². The lowest BCUT2D eigenvalue weighted by Gasteiger charge is -2.11. The van der Waals surface area contributed by atoms with Gasteiger partial charge in [-0.3, -0.25) is 4.68 Å². The molecule has 0 fully saturated rings. The van der Waals surface area contributed by atoms with Gasteiger partial charge in [0, 0.05) is 31.4 Å². The van der Waals surface area contributed by atoms with E-state index in [0.29, 0.717) is 6.61 Å². The van der Waals surface area contributed by atoms with Gasteiger partial charge in [0.2, 0.25) is 0 Å². The molecule has 2 rings (SSSR count). The highest BCUT2D eigenvalue weighted by molar-refractivity contribution is 5.29. The molecule has 2 aromatic rings. The van der Waals surface area contributed by atoms with Gasteiger partial charge in [0.05, 0.1) is 6.61 Å². The highest BCUT2D eigenvalue weighted by Gasteiger charge is 2.03. The van der Waals surface area contributed by atoms with E-state index in [4.69, 9.17) is 10.5 Å². The molecular weight excluding hydrogens is 238 g/mol. The summed E-state index contributed by atoms with van der Waals surface area (Å²) in [4.78, 5) is 0. The third-order valence-corrected chi connectivity index (χ3v) is 3.30. The Balaban J connectivity index is 1.85. The van der Waals surface area contributed by atoms with Crippen molar-refractivity contribution in [1.29, 1.82) is 0 Å². The molecule has 0 aliphatic heterocycles. The molecular formula is C15H21N3O. The molecule has 0 bridgehead atoms. The lowest BCUT2D eigenvalue weighted by atomic mass is 10.1. The van der Waals surface area contributed by atoms with Crippen molar-refractivity contribution in [3.63, 3.8) is 0 Å². The van der Waals surface area contributed by atoms with E-state index in [0.717, 1.165) is 24.2 Å². The molecule has 0 amide bonds. The molecule has 1 atom stereocenters. The van der Waals surface area contributed by atoms with Crippen molar-refractivity contribution in [2.24, 2.45) is 12.8 Å². The van der Waals surface area contributed by atoms with Gasteiger partial charge in [-0.05, 0) is 30.2 Å². The summed E-state index contributed by atoms with van der Waals surface area (Å²) in [5, 5.41) is 4.13.